The Kier molecular flexibility index (Phi) is 5.90. The van der Waals surface area contributed by atoms with E-state index in [9.17, 15) is 0 Å². The van der Waals surface area contributed by atoms with Gasteiger partial charge in [-0.2, -0.15) is 4.98 Å². The van der Waals surface area contributed by atoms with E-state index in [1.807, 2.05) is 36.4 Å². The summed E-state index contributed by atoms with van der Waals surface area (Å²) in [6.45, 7) is 1.20. The number of aliphatic hydroxyl groups excluding tert-OH is 1. The van der Waals surface area contributed by atoms with Crippen molar-refractivity contribution >= 4 is 11.8 Å². The van der Waals surface area contributed by atoms with E-state index in [2.05, 4.69) is 37.7 Å². The first-order chi connectivity index (χ1) is 12.3. The predicted molar refractivity (Wildman–Crippen MR) is 99.5 cm³/mol. The largest absolute Gasteiger partial charge is 0.395 e. The van der Waals surface area contributed by atoms with Crippen LogP contribution in [0.25, 0.3) is 11.3 Å². The minimum absolute atomic E-state index is 0.0250. The standard InChI is InChI=1S/C19H21N5O/c25-12-11-22-19-23-17(16-7-4-9-20-14-16)13-18(24-19)21-10-8-15-5-2-1-3-6-15/h1-7,9,13-14,25H,8,10-12H2,(H2,21,22,23,24). The number of hydrogen-bond acceptors (Lipinski definition) is 6. The van der Waals surface area contributed by atoms with E-state index < -0.39 is 0 Å². The van der Waals surface area contributed by atoms with E-state index in [0.717, 1.165) is 30.0 Å². The van der Waals surface area contributed by atoms with Crippen LogP contribution in [0.3, 0.4) is 0 Å². The molecule has 0 amide bonds. The summed E-state index contributed by atoms with van der Waals surface area (Å²) >= 11 is 0. The Balaban J connectivity index is 1.75. The van der Waals surface area contributed by atoms with Crippen LogP contribution in [0, 0.1) is 0 Å². The number of benzene rings is 1. The summed E-state index contributed by atoms with van der Waals surface area (Å²) in [6.07, 6.45) is 4.41. The second kappa shape index (κ2) is 8.75. The van der Waals surface area contributed by atoms with Gasteiger partial charge in [-0.1, -0.05) is 30.3 Å². The molecule has 0 saturated carbocycles. The minimum Gasteiger partial charge on any atom is -0.395 e. The molecule has 3 aromatic rings. The van der Waals surface area contributed by atoms with E-state index in [1.165, 1.54) is 5.56 Å². The number of aromatic nitrogens is 3. The molecule has 25 heavy (non-hydrogen) atoms. The predicted octanol–water partition coefficient (Wildman–Crippen LogP) is 2.60. The van der Waals surface area contributed by atoms with Gasteiger partial charge in [-0.3, -0.25) is 4.98 Å². The van der Waals surface area contributed by atoms with Gasteiger partial charge >= 0.3 is 0 Å². The monoisotopic (exact) mass is 335 g/mol. The van der Waals surface area contributed by atoms with Crippen molar-refractivity contribution in [3.05, 3.63) is 66.5 Å². The number of nitrogens with zero attached hydrogens (tertiary/aromatic N) is 3. The number of anilines is 2. The zero-order chi connectivity index (χ0) is 17.3. The highest BCUT2D eigenvalue weighted by molar-refractivity contribution is 5.63. The van der Waals surface area contributed by atoms with Crippen molar-refractivity contribution in [3.8, 4) is 11.3 Å². The topological polar surface area (TPSA) is 83.0 Å². The highest BCUT2D eigenvalue weighted by Crippen LogP contribution is 2.20. The van der Waals surface area contributed by atoms with Gasteiger partial charge in [0.15, 0.2) is 0 Å². The van der Waals surface area contributed by atoms with E-state index >= 15 is 0 Å². The van der Waals surface area contributed by atoms with Crippen LogP contribution in [0.5, 0.6) is 0 Å². The molecule has 0 aliphatic carbocycles. The lowest BCUT2D eigenvalue weighted by molar-refractivity contribution is 0.311. The minimum atomic E-state index is 0.0250. The van der Waals surface area contributed by atoms with Gasteiger partial charge in [0.25, 0.3) is 0 Å². The molecule has 128 valence electrons. The summed E-state index contributed by atoms with van der Waals surface area (Å²) in [5.41, 5.74) is 2.98. The first kappa shape index (κ1) is 16.9. The molecule has 0 aliphatic heterocycles. The first-order valence-electron chi connectivity index (χ1n) is 8.27. The smallest absolute Gasteiger partial charge is 0.225 e. The van der Waals surface area contributed by atoms with Crippen LogP contribution < -0.4 is 10.6 Å². The third-order valence-electron chi connectivity index (χ3n) is 3.64. The normalized spacial score (nSPS) is 10.4. The van der Waals surface area contributed by atoms with Crippen LogP contribution in [0.1, 0.15) is 5.56 Å². The molecule has 2 heterocycles. The molecule has 6 nitrogen and oxygen atoms in total. The van der Waals surface area contributed by atoms with Crippen molar-refractivity contribution in [2.45, 2.75) is 6.42 Å². The SMILES string of the molecule is OCCNc1nc(NCCc2ccccc2)cc(-c2cccnc2)n1. The van der Waals surface area contributed by atoms with Gasteiger partial charge in [0.2, 0.25) is 5.95 Å². The molecule has 0 unspecified atom stereocenters. The van der Waals surface area contributed by atoms with Gasteiger partial charge in [-0.05, 0) is 24.1 Å². The average Bonchev–Trinajstić information content (AvgIpc) is 2.68. The molecule has 6 heteroatoms. The lowest BCUT2D eigenvalue weighted by atomic mass is 10.1. The molecule has 0 aliphatic rings. The molecule has 1 aromatic carbocycles. The summed E-state index contributed by atoms with van der Waals surface area (Å²) < 4.78 is 0. The lowest BCUT2D eigenvalue weighted by Gasteiger charge is -2.11. The molecule has 3 rings (SSSR count). The quantitative estimate of drug-likeness (QED) is 0.587. The van der Waals surface area contributed by atoms with Crippen molar-refractivity contribution in [1.82, 2.24) is 15.0 Å². The fraction of sp³-hybridized carbons (Fsp3) is 0.211. The Bertz CT molecular complexity index is 780. The molecular formula is C19H21N5O. The Morgan fingerprint density at radius 2 is 1.80 bits per heavy atom. The van der Waals surface area contributed by atoms with Crippen molar-refractivity contribution in [2.24, 2.45) is 0 Å². The molecule has 0 fully saturated rings. The number of nitrogens with one attached hydrogen (secondary N) is 2. The second-order valence-corrected chi connectivity index (χ2v) is 5.52. The molecule has 0 atom stereocenters. The van der Waals surface area contributed by atoms with E-state index in [4.69, 9.17) is 5.11 Å². The first-order valence-corrected chi connectivity index (χ1v) is 8.27. The van der Waals surface area contributed by atoms with Gasteiger partial charge in [0, 0.05) is 37.1 Å². The second-order valence-electron chi connectivity index (χ2n) is 5.52. The lowest BCUT2D eigenvalue weighted by Crippen LogP contribution is -2.12. The van der Waals surface area contributed by atoms with Gasteiger partial charge < -0.3 is 15.7 Å². The van der Waals surface area contributed by atoms with Gasteiger partial charge in [-0.25, -0.2) is 4.98 Å². The third-order valence-corrected chi connectivity index (χ3v) is 3.64. The van der Waals surface area contributed by atoms with E-state index in [0.29, 0.717) is 12.5 Å². The third kappa shape index (κ3) is 4.99. The number of aliphatic hydroxyl groups is 1. The Morgan fingerprint density at radius 1 is 0.920 bits per heavy atom. The van der Waals surface area contributed by atoms with Crippen LogP contribution in [-0.2, 0) is 6.42 Å². The van der Waals surface area contributed by atoms with Crippen LogP contribution >= 0.6 is 0 Å². The van der Waals surface area contributed by atoms with Crippen LogP contribution in [-0.4, -0.2) is 39.8 Å². The van der Waals surface area contributed by atoms with Crippen molar-refractivity contribution in [3.63, 3.8) is 0 Å². The van der Waals surface area contributed by atoms with Crippen LogP contribution in [0.4, 0.5) is 11.8 Å². The summed E-state index contributed by atoms with van der Waals surface area (Å²) in [5.74, 6) is 1.22. The summed E-state index contributed by atoms with van der Waals surface area (Å²) in [7, 11) is 0. The summed E-state index contributed by atoms with van der Waals surface area (Å²) in [4.78, 5) is 13.1. The number of hydrogen-bond donors (Lipinski definition) is 3. The summed E-state index contributed by atoms with van der Waals surface area (Å²) in [5, 5.41) is 15.4. The maximum absolute atomic E-state index is 9.01. The fourth-order valence-corrected chi connectivity index (χ4v) is 2.43. The fourth-order valence-electron chi connectivity index (χ4n) is 2.43. The Labute approximate surface area is 147 Å². The van der Waals surface area contributed by atoms with Crippen LogP contribution in [0.2, 0.25) is 0 Å². The van der Waals surface area contributed by atoms with E-state index in [-0.39, 0.29) is 6.61 Å². The van der Waals surface area contributed by atoms with Gasteiger partial charge in [0.05, 0.1) is 12.3 Å². The molecule has 0 spiro atoms. The van der Waals surface area contributed by atoms with Gasteiger partial charge in [-0.15, -0.1) is 0 Å². The van der Waals surface area contributed by atoms with Gasteiger partial charge in [0.1, 0.15) is 5.82 Å². The highest BCUT2D eigenvalue weighted by Gasteiger charge is 2.07. The van der Waals surface area contributed by atoms with Crippen molar-refractivity contribution in [1.29, 1.82) is 0 Å². The summed E-state index contributed by atoms with van der Waals surface area (Å²) in [6, 6.07) is 16.1. The highest BCUT2D eigenvalue weighted by atomic mass is 16.3. The Hall–Kier alpha value is -2.99. The molecule has 0 radical (unpaired) electrons. The Morgan fingerprint density at radius 3 is 2.56 bits per heavy atom. The van der Waals surface area contributed by atoms with Crippen molar-refractivity contribution in [2.75, 3.05) is 30.3 Å². The van der Waals surface area contributed by atoms with Crippen molar-refractivity contribution < 1.29 is 5.11 Å². The molecule has 2 aromatic heterocycles. The molecule has 0 bridgehead atoms. The zero-order valence-electron chi connectivity index (χ0n) is 13.9. The zero-order valence-corrected chi connectivity index (χ0v) is 13.9. The maximum Gasteiger partial charge on any atom is 0.225 e. The molecule has 3 N–H and O–H groups in total. The molecular weight excluding hydrogens is 314 g/mol. The maximum atomic E-state index is 9.01. The molecule has 0 saturated heterocycles. The number of pyridine rings is 1. The number of rotatable bonds is 8. The van der Waals surface area contributed by atoms with Crippen LogP contribution in [0.15, 0.2) is 60.9 Å². The van der Waals surface area contributed by atoms with E-state index in [1.54, 1.807) is 12.4 Å². The average molecular weight is 335 g/mol.